The molecule has 2 aromatic heterocycles. The fourth-order valence-corrected chi connectivity index (χ4v) is 8.89. The Hall–Kier alpha value is -2.16. The number of fused-ring (bicyclic) bond motifs is 1. The second-order valence-corrected chi connectivity index (χ2v) is 16.7. The van der Waals surface area contributed by atoms with E-state index < -0.39 is 16.9 Å². The van der Waals surface area contributed by atoms with Gasteiger partial charge in [0.25, 0.3) is 5.91 Å². The van der Waals surface area contributed by atoms with Gasteiger partial charge in [-0.3, -0.25) is 13.8 Å². The lowest BCUT2D eigenvalue weighted by molar-refractivity contribution is 0.0518. The van der Waals surface area contributed by atoms with E-state index in [2.05, 4.69) is 47.9 Å². The van der Waals surface area contributed by atoms with Gasteiger partial charge in [-0.05, 0) is 76.2 Å². The van der Waals surface area contributed by atoms with E-state index in [4.69, 9.17) is 0 Å². The van der Waals surface area contributed by atoms with Crippen molar-refractivity contribution < 1.29 is 19.2 Å². The average molecular weight is 694 g/mol. The fraction of sp³-hybridized carbons (Fsp3) is 0.667. The van der Waals surface area contributed by atoms with E-state index in [1.54, 1.807) is 17.4 Å². The van der Waals surface area contributed by atoms with E-state index in [9.17, 15) is 24.0 Å². The predicted octanol–water partition coefficient (Wildman–Crippen LogP) is 5.07. The van der Waals surface area contributed by atoms with E-state index in [0.29, 0.717) is 52.0 Å². The number of H-pyrrole nitrogens is 1. The summed E-state index contributed by atoms with van der Waals surface area (Å²) < 4.78 is 13.2. The summed E-state index contributed by atoms with van der Waals surface area (Å²) in [5.41, 5.74) is 1.65. The van der Waals surface area contributed by atoms with Gasteiger partial charge in [-0.2, -0.15) is 0 Å². The minimum Gasteiger partial charge on any atom is -0.506 e. The van der Waals surface area contributed by atoms with Gasteiger partial charge in [-0.25, -0.2) is 4.98 Å². The highest BCUT2D eigenvalue weighted by Crippen LogP contribution is 2.33. The van der Waals surface area contributed by atoms with E-state index in [1.807, 2.05) is 10.3 Å². The van der Waals surface area contributed by atoms with Crippen molar-refractivity contribution >= 4 is 49.6 Å². The third kappa shape index (κ3) is 10.2. The van der Waals surface area contributed by atoms with Crippen LogP contribution in [0.2, 0.25) is 0 Å². The number of carbonyl (C=O) groups excluding carboxylic acids is 1. The number of piperidine rings is 1. The molecule has 4 rings (SSSR count). The number of carbonyl (C=O) groups is 1. The van der Waals surface area contributed by atoms with Gasteiger partial charge in [0.15, 0.2) is 0 Å². The van der Waals surface area contributed by atoms with Crippen LogP contribution >= 0.6 is 22.7 Å². The van der Waals surface area contributed by atoms with Gasteiger partial charge in [-0.1, -0.05) is 45.1 Å². The van der Waals surface area contributed by atoms with E-state index in [0.717, 1.165) is 87.6 Å². The molecule has 13 heteroatoms. The Bertz CT molecular complexity index is 1490. The quantitative estimate of drug-likeness (QED) is 0.136. The summed E-state index contributed by atoms with van der Waals surface area (Å²) in [6.45, 7) is 14.1. The number of unbranched alkanes of at least 4 members (excludes halogenated alkanes) is 1. The van der Waals surface area contributed by atoms with Crippen molar-refractivity contribution in [2.24, 2.45) is 5.41 Å². The van der Waals surface area contributed by atoms with Crippen LogP contribution in [0.3, 0.4) is 0 Å². The third-order valence-corrected chi connectivity index (χ3v) is 12.3. The number of rotatable bonds is 18. The smallest absolute Gasteiger partial charge is 0.305 e. The van der Waals surface area contributed by atoms with E-state index >= 15 is 0 Å². The summed E-state index contributed by atoms with van der Waals surface area (Å²) in [6.07, 6.45) is 4.86. The van der Waals surface area contributed by atoms with Crippen molar-refractivity contribution in [3.63, 3.8) is 0 Å². The molecule has 1 aromatic carbocycles. The highest BCUT2D eigenvalue weighted by atomic mass is 32.2. The number of nitrogens with zero attached hydrogens (tertiary/aromatic N) is 3. The van der Waals surface area contributed by atoms with Gasteiger partial charge in [-0.15, -0.1) is 11.3 Å². The van der Waals surface area contributed by atoms with Crippen LogP contribution in [-0.2, 0) is 10.8 Å². The van der Waals surface area contributed by atoms with Gasteiger partial charge >= 0.3 is 4.87 Å². The van der Waals surface area contributed by atoms with Crippen molar-refractivity contribution in [2.45, 2.75) is 78.2 Å². The number of aliphatic hydroxyl groups is 1. The SMILES string of the molecule is CCCN(CC1(C)CCN(CCCS(=O)CCCCNC[C@H](O)c2ccc(O)c3[nH]c(=O)sc23)CC1)C(=O)c1csc(C(C)C)n1. The maximum absolute atomic E-state index is 13.3. The summed E-state index contributed by atoms with van der Waals surface area (Å²) in [5, 5.41) is 26.7. The number of phenolic OH excluding ortho intramolecular Hbond substituents is 1. The molecule has 0 bridgehead atoms. The predicted molar refractivity (Wildman–Crippen MR) is 190 cm³/mol. The lowest BCUT2D eigenvalue weighted by Gasteiger charge is -2.42. The second-order valence-electron chi connectivity index (χ2n) is 13.1. The number of amides is 1. The summed E-state index contributed by atoms with van der Waals surface area (Å²) in [4.78, 5) is 36.5. The molecule has 0 saturated carbocycles. The number of benzene rings is 1. The topological polar surface area (TPSA) is 139 Å². The molecule has 0 spiro atoms. The van der Waals surface area contributed by atoms with Crippen LogP contribution in [0.1, 0.15) is 99.3 Å². The number of phenols is 1. The molecule has 3 heterocycles. The summed E-state index contributed by atoms with van der Waals surface area (Å²) in [5.74, 6) is 1.76. The summed E-state index contributed by atoms with van der Waals surface area (Å²) in [6, 6.07) is 3.13. The van der Waals surface area contributed by atoms with Crippen molar-refractivity contribution in [1.82, 2.24) is 25.1 Å². The van der Waals surface area contributed by atoms with Gasteiger partial charge in [0.05, 0.1) is 15.8 Å². The molecule has 1 amide bonds. The number of aromatic hydroxyl groups is 1. The molecular weight excluding hydrogens is 643 g/mol. The average Bonchev–Trinajstić information content (AvgIpc) is 3.67. The molecule has 1 saturated heterocycles. The number of aromatic nitrogens is 2. The minimum absolute atomic E-state index is 0.00370. The lowest BCUT2D eigenvalue weighted by atomic mass is 9.79. The van der Waals surface area contributed by atoms with Crippen LogP contribution in [0.25, 0.3) is 10.2 Å². The Morgan fingerprint density at radius 2 is 1.96 bits per heavy atom. The fourth-order valence-electron chi connectivity index (χ4n) is 5.99. The number of nitrogens with one attached hydrogen (secondary N) is 2. The maximum atomic E-state index is 13.3. The van der Waals surface area contributed by atoms with Gasteiger partial charge < -0.3 is 30.3 Å². The molecule has 0 radical (unpaired) electrons. The molecule has 3 aromatic rings. The second kappa shape index (κ2) is 17.3. The van der Waals surface area contributed by atoms with Crippen molar-refractivity contribution in [2.75, 3.05) is 57.3 Å². The van der Waals surface area contributed by atoms with Crippen molar-refractivity contribution in [3.8, 4) is 5.75 Å². The Morgan fingerprint density at radius 3 is 2.65 bits per heavy atom. The van der Waals surface area contributed by atoms with Crippen LogP contribution in [0.15, 0.2) is 22.3 Å². The van der Waals surface area contributed by atoms with Crippen LogP contribution in [0, 0.1) is 5.41 Å². The first-order valence-electron chi connectivity index (χ1n) is 16.5. The minimum atomic E-state index is -0.843. The normalized spacial score (nSPS) is 16.7. The van der Waals surface area contributed by atoms with Gasteiger partial charge in [0.2, 0.25) is 0 Å². The zero-order valence-corrected chi connectivity index (χ0v) is 30.1. The van der Waals surface area contributed by atoms with Crippen LogP contribution in [-0.4, -0.2) is 97.4 Å². The molecule has 256 valence electrons. The maximum Gasteiger partial charge on any atom is 0.305 e. The molecule has 1 aliphatic heterocycles. The third-order valence-electron chi connectivity index (χ3n) is 8.76. The number of thiazole rings is 2. The Balaban J connectivity index is 1.08. The summed E-state index contributed by atoms with van der Waals surface area (Å²) in [7, 11) is -0.843. The standard InChI is InChI=1S/C33H51N5O5S3/c1-5-14-38(31(41)25-21-44-30(35-25)23(2)3)22-33(4)11-16-37(17-12-33)15-8-19-46(43)18-7-6-13-34-20-27(40)24-9-10-26(39)28-29(24)45-32(42)36-28/h9-10,21,23,27,34,39-40H,5-8,11-20,22H2,1-4H3,(H,36,42)/t27-,46?/m0/s1. The Labute approximate surface area is 283 Å². The number of likely N-dealkylation sites (tertiary alicyclic amines) is 1. The molecule has 10 nitrogen and oxygen atoms in total. The number of aliphatic hydroxyl groups excluding tert-OH is 1. The highest BCUT2D eigenvalue weighted by Gasteiger charge is 2.34. The monoisotopic (exact) mass is 693 g/mol. The first-order chi connectivity index (χ1) is 22.0. The zero-order chi connectivity index (χ0) is 33.3. The zero-order valence-electron chi connectivity index (χ0n) is 27.7. The van der Waals surface area contributed by atoms with E-state index in [1.165, 1.54) is 6.07 Å². The van der Waals surface area contributed by atoms with Crippen LogP contribution < -0.4 is 10.2 Å². The van der Waals surface area contributed by atoms with Crippen molar-refractivity contribution in [1.29, 1.82) is 0 Å². The number of aromatic amines is 1. The van der Waals surface area contributed by atoms with Crippen molar-refractivity contribution in [3.05, 3.63) is 43.4 Å². The molecule has 46 heavy (non-hydrogen) atoms. The van der Waals surface area contributed by atoms with Crippen LogP contribution in [0.5, 0.6) is 5.75 Å². The first kappa shape index (κ1) is 36.7. The van der Waals surface area contributed by atoms with E-state index in [-0.39, 0.29) is 21.9 Å². The Morgan fingerprint density at radius 1 is 1.22 bits per heavy atom. The molecule has 4 N–H and O–H groups in total. The largest absolute Gasteiger partial charge is 0.506 e. The molecular formula is C33H51N5O5S3. The Kier molecular flexibility index (Phi) is 13.8. The van der Waals surface area contributed by atoms with Crippen LogP contribution in [0.4, 0.5) is 0 Å². The first-order valence-corrected chi connectivity index (χ1v) is 19.7. The highest BCUT2D eigenvalue weighted by molar-refractivity contribution is 7.84. The lowest BCUT2D eigenvalue weighted by Crippen LogP contribution is -2.47. The number of hydrogen-bond acceptors (Lipinski definition) is 10. The molecule has 1 unspecified atom stereocenters. The molecule has 1 fully saturated rings. The van der Waals surface area contributed by atoms with Gasteiger partial charge in [0.1, 0.15) is 17.0 Å². The van der Waals surface area contributed by atoms with Gasteiger partial charge in [0, 0.05) is 58.8 Å². The number of hydrogen-bond donors (Lipinski definition) is 4. The molecule has 0 aliphatic carbocycles. The molecule has 1 aliphatic rings. The summed E-state index contributed by atoms with van der Waals surface area (Å²) >= 11 is 2.55. The molecule has 2 atom stereocenters.